The molecule has 0 saturated heterocycles. The third kappa shape index (κ3) is 1.11. The molecule has 64 valence electrons. The average Bonchev–Trinajstić information content (AvgIpc) is 2.28. The number of aliphatic hydroxyl groups is 1. The summed E-state index contributed by atoms with van der Waals surface area (Å²) < 4.78 is 0. The summed E-state index contributed by atoms with van der Waals surface area (Å²) in [6.07, 6.45) is 1.64. The number of pyridine rings is 1. The van der Waals surface area contributed by atoms with Gasteiger partial charge in [-0.2, -0.15) is 0 Å². The molecule has 0 spiro atoms. The smallest absolute Gasteiger partial charge is 0.129 e. The zero-order valence-corrected chi connectivity index (χ0v) is 7.60. The number of rotatable bonds is 0. The number of halogens is 1. The van der Waals surface area contributed by atoms with Crippen molar-refractivity contribution >= 4 is 11.6 Å². The standard InChI is InChI=1S/C9H10ClNO/c1-9(12)5-4-6-2-3-7(10)11-8(6)9/h2-3,12H,4-5H2,1H3. The van der Waals surface area contributed by atoms with Crippen molar-refractivity contribution in [2.45, 2.75) is 25.4 Å². The molecule has 1 atom stereocenters. The maximum atomic E-state index is 9.85. The number of fused-ring (bicyclic) bond motifs is 1. The fourth-order valence-electron chi connectivity index (χ4n) is 1.63. The first-order valence-corrected chi connectivity index (χ1v) is 4.36. The summed E-state index contributed by atoms with van der Waals surface area (Å²) in [5.74, 6) is 0. The summed E-state index contributed by atoms with van der Waals surface area (Å²) in [6.45, 7) is 1.78. The first-order chi connectivity index (χ1) is 5.59. The van der Waals surface area contributed by atoms with E-state index >= 15 is 0 Å². The SMILES string of the molecule is CC1(O)CCc2ccc(Cl)nc21. The Kier molecular flexibility index (Phi) is 1.63. The fourth-order valence-corrected chi connectivity index (χ4v) is 1.78. The molecule has 3 heteroatoms. The number of aromatic nitrogens is 1. The Morgan fingerprint density at radius 2 is 2.33 bits per heavy atom. The second-order valence-electron chi connectivity index (χ2n) is 3.42. The highest BCUT2D eigenvalue weighted by Gasteiger charge is 2.33. The summed E-state index contributed by atoms with van der Waals surface area (Å²) in [5, 5.41) is 10.3. The Morgan fingerprint density at radius 1 is 1.58 bits per heavy atom. The molecular formula is C9H10ClNO. The molecule has 0 aromatic carbocycles. The average molecular weight is 184 g/mol. The molecule has 0 amide bonds. The zero-order chi connectivity index (χ0) is 8.77. The Hall–Kier alpha value is -0.600. The van der Waals surface area contributed by atoms with Gasteiger partial charge >= 0.3 is 0 Å². The van der Waals surface area contributed by atoms with Gasteiger partial charge in [0.15, 0.2) is 0 Å². The van der Waals surface area contributed by atoms with E-state index in [2.05, 4.69) is 4.98 Å². The monoisotopic (exact) mass is 183 g/mol. The van der Waals surface area contributed by atoms with Crippen molar-refractivity contribution < 1.29 is 5.11 Å². The van der Waals surface area contributed by atoms with E-state index in [0.717, 1.165) is 24.1 Å². The van der Waals surface area contributed by atoms with Gasteiger partial charge in [-0.05, 0) is 31.4 Å². The first-order valence-electron chi connectivity index (χ1n) is 3.98. The van der Waals surface area contributed by atoms with Crippen molar-refractivity contribution in [1.29, 1.82) is 0 Å². The molecule has 0 saturated carbocycles. The number of hydrogen-bond donors (Lipinski definition) is 1. The second kappa shape index (κ2) is 2.44. The van der Waals surface area contributed by atoms with Crippen molar-refractivity contribution in [3.05, 3.63) is 28.5 Å². The second-order valence-corrected chi connectivity index (χ2v) is 3.80. The van der Waals surface area contributed by atoms with Gasteiger partial charge in [-0.25, -0.2) is 4.98 Å². The molecule has 1 aromatic rings. The minimum Gasteiger partial charge on any atom is -0.384 e. The van der Waals surface area contributed by atoms with Crippen LogP contribution < -0.4 is 0 Å². The van der Waals surface area contributed by atoms with Crippen LogP contribution in [0.4, 0.5) is 0 Å². The Morgan fingerprint density at radius 3 is 3.08 bits per heavy atom. The van der Waals surface area contributed by atoms with E-state index in [9.17, 15) is 5.11 Å². The molecule has 1 aliphatic rings. The first kappa shape index (κ1) is 8.02. The van der Waals surface area contributed by atoms with Crippen LogP contribution in [0.5, 0.6) is 0 Å². The van der Waals surface area contributed by atoms with E-state index in [-0.39, 0.29) is 0 Å². The highest BCUT2D eigenvalue weighted by atomic mass is 35.5. The lowest BCUT2D eigenvalue weighted by atomic mass is 10.0. The molecule has 1 aromatic heterocycles. The summed E-state index contributed by atoms with van der Waals surface area (Å²) >= 11 is 5.73. The van der Waals surface area contributed by atoms with Crippen LogP contribution in [0.2, 0.25) is 5.15 Å². The Balaban J connectivity index is 2.57. The van der Waals surface area contributed by atoms with Gasteiger partial charge in [0.1, 0.15) is 10.8 Å². The van der Waals surface area contributed by atoms with Crippen LogP contribution in [0, 0.1) is 0 Å². The van der Waals surface area contributed by atoms with Gasteiger partial charge < -0.3 is 5.11 Å². The third-order valence-electron chi connectivity index (χ3n) is 2.34. The normalized spacial score (nSPS) is 27.2. The molecule has 0 aliphatic heterocycles. The van der Waals surface area contributed by atoms with E-state index in [1.165, 1.54) is 0 Å². The lowest BCUT2D eigenvalue weighted by Gasteiger charge is -2.15. The van der Waals surface area contributed by atoms with E-state index in [4.69, 9.17) is 11.6 Å². The molecule has 1 unspecified atom stereocenters. The van der Waals surface area contributed by atoms with Gasteiger partial charge in [0.25, 0.3) is 0 Å². The molecular weight excluding hydrogens is 174 g/mol. The minimum absolute atomic E-state index is 0.455. The molecule has 0 fully saturated rings. The van der Waals surface area contributed by atoms with Crippen LogP contribution in [0.3, 0.4) is 0 Å². The van der Waals surface area contributed by atoms with Crippen LogP contribution in [-0.4, -0.2) is 10.1 Å². The zero-order valence-electron chi connectivity index (χ0n) is 6.84. The molecule has 1 N–H and O–H groups in total. The van der Waals surface area contributed by atoms with Crippen molar-refractivity contribution in [2.75, 3.05) is 0 Å². The highest BCUT2D eigenvalue weighted by molar-refractivity contribution is 6.29. The topological polar surface area (TPSA) is 33.1 Å². The number of hydrogen-bond acceptors (Lipinski definition) is 2. The summed E-state index contributed by atoms with van der Waals surface area (Å²) in [6, 6.07) is 3.70. The maximum absolute atomic E-state index is 9.85. The maximum Gasteiger partial charge on any atom is 0.129 e. The Labute approximate surface area is 76.2 Å². The summed E-state index contributed by atoms with van der Waals surface area (Å²) in [4.78, 5) is 4.12. The van der Waals surface area contributed by atoms with Crippen molar-refractivity contribution in [2.24, 2.45) is 0 Å². The van der Waals surface area contributed by atoms with Crippen LogP contribution >= 0.6 is 11.6 Å². The van der Waals surface area contributed by atoms with E-state index < -0.39 is 5.60 Å². The summed E-state index contributed by atoms with van der Waals surface area (Å²) in [7, 11) is 0. The number of aryl methyl sites for hydroxylation is 1. The van der Waals surface area contributed by atoms with E-state index in [1.54, 1.807) is 13.0 Å². The van der Waals surface area contributed by atoms with E-state index in [0.29, 0.717) is 5.15 Å². The molecule has 2 nitrogen and oxygen atoms in total. The highest BCUT2D eigenvalue weighted by Crippen LogP contribution is 2.35. The van der Waals surface area contributed by atoms with Gasteiger partial charge in [-0.15, -0.1) is 0 Å². The van der Waals surface area contributed by atoms with Gasteiger partial charge in [0.05, 0.1) is 5.69 Å². The summed E-state index contributed by atoms with van der Waals surface area (Å²) in [5.41, 5.74) is 1.08. The van der Waals surface area contributed by atoms with Crippen molar-refractivity contribution in [1.82, 2.24) is 4.98 Å². The van der Waals surface area contributed by atoms with Gasteiger partial charge in [0.2, 0.25) is 0 Å². The van der Waals surface area contributed by atoms with Crippen LogP contribution in [-0.2, 0) is 12.0 Å². The van der Waals surface area contributed by atoms with Crippen LogP contribution in [0.25, 0.3) is 0 Å². The number of nitrogens with zero attached hydrogens (tertiary/aromatic N) is 1. The van der Waals surface area contributed by atoms with E-state index in [1.807, 2.05) is 6.07 Å². The molecule has 0 radical (unpaired) electrons. The van der Waals surface area contributed by atoms with Crippen LogP contribution in [0.1, 0.15) is 24.6 Å². The molecule has 12 heavy (non-hydrogen) atoms. The van der Waals surface area contributed by atoms with Gasteiger partial charge in [-0.3, -0.25) is 0 Å². The van der Waals surface area contributed by atoms with Crippen molar-refractivity contribution in [3.63, 3.8) is 0 Å². The molecule has 1 aliphatic carbocycles. The quantitative estimate of drug-likeness (QED) is 0.624. The predicted octanol–water partition coefficient (Wildman–Crippen LogP) is 1.89. The third-order valence-corrected chi connectivity index (χ3v) is 2.55. The lowest BCUT2D eigenvalue weighted by Crippen LogP contribution is -2.17. The van der Waals surface area contributed by atoms with Crippen molar-refractivity contribution in [3.8, 4) is 0 Å². The lowest BCUT2D eigenvalue weighted by molar-refractivity contribution is 0.0554. The Bertz CT molecular complexity index is 322. The molecule has 0 bridgehead atoms. The van der Waals surface area contributed by atoms with Crippen LogP contribution in [0.15, 0.2) is 12.1 Å². The van der Waals surface area contributed by atoms with Gasteiger partial charge in [0, 0.05) is 0 Å². The molecule has 1 heterocycles. The van der Waals surface area contributed by atoms with Gasteiger partial charge in [-0.1, -0.05) is 17.7 Å². The fraction of sp³-hybridized carbons (Fsp3) is 0.444. The molecule has 2 rings (SSSR count). The largest absolute Gasteiger partial charge is 0.384 e. The minimum atomic E-state index is -0.778. The predicted molar refractivity (Wildman–Crippen MR) is 47.1 cm³/mol.